The number of hydrogen-bond donors (Lipinski definition) is 1. The summed E-state index contributed by atoms with van der Waals surface area (Å²) >= 11 is 0. The lowest BCUT2D eigenvalue weighted by atomic mass is 9.48. The van der Waals surface area contributed by atoms with Crippen LogP contribution in [0.4, 0.5) is 5.82 Å². The van der Waals surface area contributed by atoms with Crippen LogP contribution in [0.25, 0.3) is 21.9 Å². The van der Waals surface area contributed by atoms with Crippen LogP contribution in [0.3, 0.4) is 0 Å². The molecule has 3 fully saturated rings. The van der Waals surface area contributed by atoms with Gasteiger partial charge >= 0.3 is 0 Å². The molecule has 2 aliphatic heterocycles. The SMILES string of the molecule is C=CC(=O)N1CC2(CCN(c3nc4c(c(-c5cc(O)cc6ccccc56)c3C#N)C[C@H]3C[C@@H]4C3(C)C)C2)C1. The molecule has 0 unspecified atom stereocenters. The molecule has 0 radical (unpaired) electrons. The van der Waals surface area contributed by atoms with Gasteiger partial charge in [-0.2, -0.15) is 5.26 Å². The first-order chi connectivity index (χ1) is 18.2. The maximum absolute atomic E-state index is 12.1. The standard InChI is InChI=1S/C32H32N4O2/c1-4-27(38)36-17-32(18-36)9-10-35(16-32)30-25(15-33)28(23-14-21(37)11-19-7-5-6-8-22(19)23)24-12-20-13-26(29(24)34-30)31(20,2)3/h4-8,11,14,20,26,37H,1,9-10,12-13,16-18H2,2-3H3/t20-,26-/m0/s1. The zero-order valence-corrected chi connectivity index (χ0v) is 22.0. The third-order valence-corrected chi connectivity index (χ3v) is 10.1. The van der Waals surface area contributed by atoms with Crippen LogP contribution in [0, 0.1) is 28.1 Å². The number of fused-ring (bicyclic) bond motifs is 1. The van der Waals surface area contributed by atoms with Crippen molar-refractivity contribution in [2.75, 3.05) is 31.1 Å². The minimum atomic E-state index is -0.0153. The van der Waals surface area contributed by atoms with E-state index in [2.05, 4.69) is 37.5 Å². The van der Waals surface area contributed by atoms with Crippen LogP contribution in [-0.4, -0.2) is 47.1 Å². The fourth-order valence-electron chi connectivity index (χ4n) is 7.75. The van der Waals surface area contributed by atoms with Gasteiger partial charge in [0, 0.05) is 43.1 Å². The molecule has 3 aliphatic carbocycles. The van der Waals surface area contributed by atoms with Gasteiger partial charge in [-0.05, 0) is 70.7 Å². The van der Waals surface area contributed by atoms with Crippen molar-refractivity contribution >= 4 is 22.5 Å². The fraction of sp³-hybridized carbons (Fsp3) is 0.406. The Bertz CT molecular complexity index is 1580. The molecule has 8 rings (SSSR count). The molecular formula is C32H32N4O2. The largest absolute Gasteiger partial charge is 0.508 e. The van der Waals surface area contributed by atoms with Gasteiger partial charge in [0.2, 0.25) is 5.91 Å². The second kappa shape index (κ2) is 7.83. The van der Waals surface area contributed by atoms with E-state index in [1.807, 2.05) is 29.2 Å². The van der Waals surface area contributed by atoms with E-state index in [0.717, 1.165) is 78.9 Å². The van der Waals surface area contributed by atoms with E-state index in [0.29, 0.717) is 17.4 Å². The number of carbonyl (C=O) groups is 1. The number of phenolic OH excluding ortho intramolecular Hbond substituents is 1. The van der Waals surface area contributed by atoms with Crippen LogP contribution < -0.4 is 4.90 Å². The molecule has 1 spiro atoms. The van der Waals surface area contributed by atoms with Crippen molar-refractivity contribution in [2.45, 2.75) is 39.0 Å². The van der Waals surface area contributed by atoms with E-state index in [1.54, 1.807) is 6.07 Å². The molecule has 2 bridgehead atoms. The third kappa shape index (κ3) is 3.11. The van der Waals surface area contributed by atoms with Crippen molar-refractivity contribution in [1.29, 1.82) is 5.26 Å². The van der Waals surface area contributed by atoms with Crippen LogP contribution in [-0.2, 0) is 11.2 Å². The highest BCUT2D eigenvalue weighted by Gasteiger charge is 2.55. The number of aromatic nitrogens is 1. The fourth-order valence-corrected chi connectivity index (χ4v) is 7.75. The molecule has 1 aromatic heterocycles. The quantitative estimate of drug-likeness (QED) is 0.484. The summed E-state index contributed by atoms with van der Waals surface area (Å²) in [5.41, 5.74) is 5.01. The Kier molecular flexibility index (Phi) is 4.80. The molecule has 6 nitrogen and oxygen atoms in total. The molecule has 2 atom stereocenters. The summed E-state index contributed by atoms with van der Waals surface area (Å²) in [5, 5.41) is 23.4. The molecule has 3 aromatic rings. The van der Waals surface area contributed by atoms with Gasteiger partial charge in [0.25, 0.3) is 0 Å². The Morgan fingerprint density at radius 2 is 2.03 bits per heavy atom. The molecule has 1 amide bonds. The van der Waals surface area contributed by atoms with Crippen LogP contribution >= 0.6 is 0 Å². The minimum Gasteiger partial charge on any atom is -0.508 e. The number of likely N-dealkylation sites (tertiary alicyclic amines) is 1. The number of rotatable bonds is 3. The van der Waals surface area contributed by atoms with Crippen molar-refractivity contribution in [1.82, 2.24) is 9.88 Å². The number of hydrogen-bond acceptors (Lipinski definition) is 5. The van der Waals surface area contributed by atoms with E-state index in [4.69, 9.17) is 4.98 Å². The van der Waals surface area contributed by atoms with Crippen molar-refractivity contribution in [3.8, 4) is 22.9 Å². The zero-order chi connectivity index (χ0) is 26.4. The van der Waals surface area contributed by atoms with Gasteiger partial charge in [-0.1, -0.05) is 44.7 Å². The molecule has 38 heavy (non-hydrogen) atoms. The van der Waals surface area contributed by atoms with E-state index in [1.165, 1.54) is 11.6 Å². The molecular weight excluding hydrogens is 472 g/mol. The average molecular weight is 505 g/mol. The lowest BCUT2D eigenvalue weighted by Gasteiger charge is -2.57. The molecule has 1 saturated carbocycles. The van der Waals surface area contributed by atoms with Gasteiger partial charge in [0.15, 0.2) is 0 Å². The number of nitriles is 1. The summed E-state index contributed by atoms with van der Waals surface area (Å²) in [5.74, 6) is 1.89. The number of aromatic hydroxyl groups is 1. The predicted molar refractivity (Wildman–Crippen MR) is 148 cm³/mol. The number of phenols is 1. The van der Waals surface area contributed by atoms with Crippen molar-refractivity contribution in [2.24, 2.45) is 16.7 Å². The lowest BCUT2D eigenvalue weighted by molar-refractivity contribution is -0.136. The number of benzene rings is 2. The van der Waals surface area contributed by atoms with Gasteiger partial charge in [0.05, 0.1) is 5.69 Å². The molecule has 2 aromatic carbocycles. The van der Waals surface area contributed by atoms with Gasteiger partial charge in [0.1, 0.15) is 23.2 Å². The first-order valence-corrected chi connectivity index (χ1v) is 13.6. The smallest absolute Gasteiger partial charge is 0.245 e. The van der Waals surface area contributed by atoms with Crippen LogP contribution in [0.5, 0.6) is 5.75 Å². The highest BCUT2D eigenvalue weighted by atomic mass is 16.3. The Balaban J connectivity index is 1.40. The predicted octanol–water partition coefficient (Wildman–Crippen LogP) is 5.39. The zero-order valence-electron chi connectivity index (χ0n) is 22.0. The van der Waals surface area contributed by atoms with Gasteiger partial charge in [-0.15, -0.1) is 0 Å². The molecule has 2 saturated heterocycles. The normalized spacial score (nSPS) is 23.9. The van der Waals surface area contributed by atoms with Crippen molar-refractivity contribution in [3.63, 3.8) is 0 Å². The Morgan fingerprint density at radius 1 is 1.24 bits per heavy atom. The first-order valence-electron chi connectivity index (χ1n) is 13.6. The summed E-state index contributed by atoms with van der Waals surface area (Å²) in [6.45, 7) is 11.4. The second-order valence-electron chi connectivity index (χ2n) is 12.5. The van der Waals surface area contributed by atoms with Crippen LogP contribution in [0.1, 0.15) is 49.4 Å². The number of nitrogens with zero attached hydrogens (tertiary/aromatic N) is 4. The maximum Gasteiger partial charge on any atom is 0.245 e. The number of pyridine rings is 1. The van der Waals surface area contributed by atoms with Gasteiger partial charge in [-0.25, -0.2) is 4.98 Å². The van der Waals surface area contributed by atoms with E-state index >= 15 is 0 Å². The van der Waals surface area contributed by atoms with E-state index < -0.39 is 0 Å². The van der Waals surface area contributed by atoms with E-state index in [9.17, 15) is 15.2 Å². The summed E-state index contributed by atoms with van der Waals surface area (Å²) in [6, 6.07) is 14.3. The van der Waals surface area contributed by atoms with Crippen LogP contribution in [0.2, 0.25) is 0 Å². The minimum absolute atomic E-state index is 0.0153. The second-order valence-corrected chi connectivity index (χ2v) is 12.5. The Morgan fingerprint density at radius 3 is 2.76 bits per heavy atom. The Labute approximate surface area is 223 Å². The molecule has 5 aliphatic rings. The summed E-state index contributed by atoms with van der Waals surface area (Å²) < 4.78 is 0. The Hall–Kier alpha value is -3.85. The number of amides is 1. The average Bonchev–Trinajstić information content (AvgIpc) is 3.35. The summed E-state index contributed by atoms with van der Waals surface area (Å²) in [6.07, 6.45) is 4.40. The maximum atomic E-state index is 12.1. The number of anilines is 1. The van der Waals surface area contributed by atoms with Gasteiger partial charge < -0.3 is 14.9 Å². The molecule has 1 N–H and O–H groups in total. The molecule has 6 heteroatoms. The molecule has 3 heterocycles. The summed E-state index contributed by atoms with van der Waals surface area (Å²) in [7, 11) is 0. The van der Waals surface area contributed by atoms with E-state index in [-0.39, 0.29) is 22.5 Å². The highest BCUT2D eigenvalue weighted by Crippen LogP contribution is 2.63. The highest BCUT2D eigenvalue weighted by molar-refractivity contribution is 6.01. The first kappa shape index (κ1) is 23.3. The lowest BCUT2D eigenvalue weighted by Crippen LogP contribution is -2.59. The van der Waals surface area contributed by atoms with Gasteiger partial charge in [-0.3, -0.25) is 4.79 Å². The monoisotopic (exact) mass is 504 g/mol. The number of carbonyl (C=O) groups excluding carboxylic acids is 1. The topological polar surface area (TPSA) is 80.5 Å². The van der Waals surface area contributed by atoms with Crippen molar-refractivity contribution in [3.05, 3.63) is 65.9 Å². The third-order valence-electron chi connectivity index (χ3n) is 10.1. The van der Waals surface area contributed by atoms with Crippen molar-refractivity contribution < 1.29 is 9.90 Å². The molecule has 192 valence electrons. The van der Waals surface area contributed by atoms with Crippen LogP contribution in [0.15, 0.2) is 49.1 Å². The summed E-state index contributed by atoms with van der Waals surface area (Å²) in [4.78, 5) is 21.5.